The average Bonchev–Trinajstić information content (AvgIpc) is 2.69. The van der Waals surface area contributed by atoms with Gasteiger partial charge in [-0.1, -0.05) is 0 Å². The van der Waals surface area contributed by atoms with Crippen LogP contribution in [0.15, 0.2) is 22.8 Å². The zero-order valence-electron chi connectivity index (χ0n) is 7.69. The largest absolute Gasteiger partial charge is 0.448 e. The van der Waals surface area contributed by atoms with Gasteiger partial charge in [0, 0.05) is 13.1 Å². The van der Waals surface area contributed by atoms with E-state index < -0.39 is 11.9 Å². The molecule has 1 aromatic heterocycles. The van der Waals surface area contributed by atoms with E-state index in [1.165, 1.54) is 18.2 Å². The molecule has 14 heavy (non-hydrogen) atoms. The minimum atomic E-state index is -0.574. The number of furan rings is 1. The fourth-order valence-corrected chi connectivity index (χ4v) is 0.815. The minimum absolute atomic E-state index is 0.224. The Balaban J connectivity index is 2.58. The zero-order chi connectivity index (χ0) is 10.6. The van der Waals surface area contributed by atoms with E-state index >= 15 is 0 Å². The summed E-state index contributed by atoms with van der Waals surface area (Å²) in [5.74, 6) is -0.180. The van der Waals surface area contributed by atoms with Gasteiger partial charge in [0.15, 0.2) is 0 Å². The molecule has 0 unspecified atom stereocenters. The van der Waals surface area contributed by atoms with Crippen molar-refractivity contribution < 1.29 is 14.0 Å². The van der Waals surface area contributed by atoms with Crippen LogP contribution in [-0.2, 0) is 4.79 Å². The second kappa shape index (κ2) is 4.43. The van der Waals surface area contributed by atoms with Crippen LogP contribution in [0.1, 0.15) is 0 Å². The fourth-order valence-electron chi connectivity index (χ4n) is 0.815. The van der Waals surface area contributed by atoms with Gasteiger partial charge in [0.05, 0.1) is 12.8 Å². The fraction of sp³-hybridized carbons (Fsp3) is 0.250. The van der Waals surface area contributed by atoms with Gasteiger partial charge in [0.1, 0.15) is 0 Å². The first-order valence-electron chi connectivity index (χ1n) is 3.96. The molecular weight excluding hydrogens is 186 g/mol. The number of amides is 3. The molecule has 0 aliphatic carbocycles. The Morgan fingerprint density at radius 1 is 1.64 bits per heavy atom. The van der Waals surface area contributed by atoms with Crippen molar-refractivity contribution >= 4 is 17.8 Å². The number of carbonyl (C=O) groups excluding carboxylic acids is 2. The SMILES string of the molecule is CN(C(=O)NC(=O)CN)c1ccco1. The van der Waals surface area contributed by atoms with Gasteiger partial charge in [-0.15, -0.1) is 0 Å². The molecule has 1 rings (SSSR count). The summed E-state index contributed by atoms with van der Waals surface area (Å²) in [6, 6.07) is 2.67. The van der Waals surface area contributed by atoms with Gasteiger partial charge in [-0.05, 0) is 6.07 Å². The Labute approximate surface area is 80.7 Å². The van der Waals surface area contributed by atoms with Crippen LogP contribution >= 0.6 is 0 Å². The molecule has 0 saturated heterocycles. The maximum absolute atomic E-state index is 11.3. The quantitative estimate of drug-likeness (QED) is 0.693. The van der Waals surface area contributed by atoms with Gasteiger partial charge >= 0.3 is 6.03 Å². The number of nitrogens with two attached hydrogens (primary N) is 1. The Bertz CT molecular complexity index is 321. The lowest BCUT2D eigenvalue weighted by molar-refractivity contribution is -0.118. The highest BCUT2D eigenvalue weighted by molar-refractivity contribution is 6.02. The van der Waals surface area contributed by atoms with Crippen LogP contribution in [0.25, 0.3) is 0 Å². The predicted molar refractivity (Wildman–Crippen MR) is 49.7 cm³/mol. The van der Waals surface area contributed by atoms with Gasteiger partial charge < -0.3 is 10.2 Å². The number of hydrogen-bond acceptors (Lipinski definition) is 4. The number of urea groups is 1. The van der Waals surface area contributed by atoms with Crippen molar-refractivity contribution in [1.29, 1.82) is 0 Å². The number of rotatable bonds is 2. The third kappa shape index (κ3) is 2.33. The highest BCUT2D eigenvalue weighted by Crippen LogP contribution is 2.11. The average molecular weight is 197 g/mol. The van der Waals surface area contributed by atoms with Crippen molar-refractivity contribution in [2.75, 3.05) is 18.5 Å². The molecular formula is C8H11N3O3. The molecule has 0 saturated carbocycles. The molecule has 1 heterocycles. The standard InChI is InChI=1S/C8H11N3O3/c1-11(7-3-2-4-14-7)8(13)10-6(12)5-9/h2-4H,5,9H2,1H3,(H,10,12,13). The van der Waals surface area contributed by atoms with Gasteiger partial charge in [0.25, 0.3) is 0 Å². The van der Waals surface area contributed by atoms with Crippen LogP contribution in [0.4, 0.5) is 10.7 Å². The highest BCUT2D eigenvalue weighted by atomic mass is 16.3. The number of hydrogen-bond donors (Lipinski definition) is 2. The molecule has 0 aliphatic rings. The van der Waals surface area contributed by atoms with Crippen molar-refractivity contribution in [3.63, 3.8) is 0 Å². The third-order valence-electron chi connectivity index (χ3n) is 1.57. The van der Waals surface area contributed by atoms with E-state index in [2.05, 4.69) is 5.32 Å². The molecule has 0 atom stereocenters. The summed E-state index contributed by atoms with van der Waals surface area (Å²) in [6.07, 6.45) is 1.43. The lowest BCUT2D eigenvalue weighted by Crippen LogP contribution is -2.43. The molecule has 3 amide bonds. The Morgan fingerprint density at radius 2 is 2.36 bits per heavy atom. The van der Waals surface area contributed by atoms with E-state index in [0.29, 0.717) is 5.88 Å². The van der Waals surface area contributed by atoms with Crippen LogP contribution < -0.4 is 16.0 Å². The Kier molecular flexibility index (Phi) is 3.24. The summed E-state index contributed by atoms with van der Waals surface area (Å²) in [7, 11) is 1.48. The first-order valence-corrected chi connectivity index (χ1v) is 3.96. The number of anilines is 1. The van der Waals surface area contributed by atoms with E-state index in [1.807, 2.05) is 0 Å². The van der Waals surface area contributed by atoms with E-state index in [4.69, 9.17) is 10.2 Å². The van der Waals surface area contributed by atoms with Gasteiger partial charge in [0.2, 0.25) is 11.8 Å². The molecule has 0 aromatic carbocycles. The summed E-state index contributed by atoms with van der Waals surface area (Å²) < 4.78 is 4.95. The number of imide groups is 1. The van der Waals surface area contributed by atoms with Crippen LogP contribution in [0.3, 0.4) is 0 Å². The second-order valence-corrected chi connectivity index (χ2v) is 2.57. The molecule has 6 heteroatoms. The van der Waals surface area contributed by atoms with Crippen molar-refractivity contribution in [2.24, 2.45) is 5.73 Å². The third-order valence-corrected chi connectivity index (χ3v) is 1.57. The normalized spacial score (nSPS) is 9.57. The van der Waals surface area contributed by atoms with E-state index in [1.54, 1.807) is 12.1 Å². The van der Waals surface area contributed by atoms with Gasteiger partial charge in [-0.2, -0.15) is 0 Å². The first kappa shape index (κ1) is 10.3. The Morgan fingerprint density at radius 3 is 2.86 bits per heavy atom. The van der Waals surface area contributed by atoms with Crippen molar-refractivity contribution in [3.8, 4) is 0 Å². The summed E-state index contributed by atoms with van der Waals surface area (Å²) >= 11 is 0. The molecule has 1 aromatic rings. The van der Waals surface area contributed by atoms with E-state index in [0.717, 1.165) is 0 Å². The maximum atomic E-state index is 11.3. The monoisotopic (exact) mass is 197 g/mol. The molecule has 6 nitrogen and oxygen atoms in total. The van der Waals surface area contributed by atoms with E-state index in [9.17, 15) is 9.59 Å². The van der Waals surface area contributed by atoms with Crippen molar-refractivity contribution in [3.05, 3.63) is 18.4 Å². The maximum Gasteiger partial charge on any atom is 0.330 e. The van der Waals surface area contributed by atoms with Crippen LogP contribution in [0.2, 0.25) is 0 Å². The highest BCUT2D eigenvalue weighted by Gasteiger charge is 2.14. The van der Waals surface area contributed by atoms with Crippen molar-refractivity contribution in [2.45, 2.75) is 0 Å². The molecule has 3 N–H and O–H groups in total. The molecule has 0 fully saturated rings. The summed E-state index contributed by atoms with van der Waals surface area (Å²) in [5, 5.41) is 2.08. The summed E-state index contributed by atoms with van der Waals surface area (Å²) in [4.78, 5) is 23.2. The molecule has 0 aliphatic heterocycles. The number of nitrogens with zero attached hydrogens (tertiary/aromatic N) is 1. The molecule has 0 radical (unpaired) electrons. The first-order chi connectivity index (χ1) is 6.65. The number of carbonyl (C=O) groups is 2. The lowest BCUT2D eigenvalue weighted by Gasteiger charge is -2.13. The topological polar surface area (TPSA) is 88.6 Å². The summed E-state index contributed by atoms with van der Waals surface area (Å²) in [5.41, 5.74) is 5.03. The van der Waals surface area contributed by atoms with Crippen LogP contribution in [-0.4, -0.2) is 25.5 Å². The molecule has 0 spiro atoms. The smallest absolute Gasteiger partial charge is 0.330 e. The zero-order valence-corrected chi connectivity index (χ0v) is 7.69. The van der Waals surface area contributed by atoms with Gasteiger partial charge in [-0.3, -0.25) is 15.0 Å². The molecule has 76 valence electrons. The summed E-state index contributed by atoms with van der Waals surface area (Å²) in [6.45, 7) is -0.224. The minimum Gasteiger partial charge on any atom is -0.448 e. The van der Waals surface area contributed by atoms with Gasteiger partial charge in [-0.25, -0.2) is 4.79 Å². The second-order valence-electron chi connectivity index (χ2n) is 2.57. The molecule has 0 bridgehead atoms. The Hall–Kier alpha value is -1.82. The van der Waals surface area contributed by atoms with Crippen LogP contribution in [0.5, 0.6) is 0 Å². The number of nitrogens with one attached hydrogen (secondary N) is 1. The van der Waals surface area contributed by atoms with Crippen molar-refractivity contribution in [1.82, 2.24) is 5.32 Å². The predicted octanol–water partition coefficient (Wildman–Crippen LogP) is -0.0893. The van der Waals surface area contributed by atoms with E-state index in [-0.39, 0.29) is 6.54 Å². The van der Waals surface area contributed by atoms with Crippen LogP contribution in [0, 0.1) is 0 Å². The lowest BCUT2D eigenvalue weighted by atomic mass is 10.5.